The van der Waals surface area contributed by atoms with Gasteiger partial charge in [-0.2, -0.15) is 0 Å². The molecule has 142 valence electrons. The van der Waals surface area contributed by atoms with Gasteiger partial charge >= 0.3 is 6.09 Å². The van der Waals surface area contributed by atoms with Crippen molar-refractivity contribution in [1.82, 2.24) is 5.32 Å². The molecule has 2 heterocycles. The van der Waals surface area contributed by atoms with Crippen LogP contribution in [0.2, 0.25) is 0 Å². The van der Waals surface area contributed by atoms with Crippen LogP contribution in [0, 0.1) is 11.7 Å². The molecule has 0 spiro atoms. The van der Waals surface area contributed by atoms with E-state index in [9.17, 15) is 9.18 Å². The lowest BCUT2D eigenvalue weighted by Gasteiger charge is -2.44. The number of aliphatic imine (C=N–C) groups is 1. The molecule has 0 aromatic heterocycles. The van der Waals surface area contributed by atoms with Gasteiger partial charge < -0.3 is 9.47 Å². The van der Waals surface area contributed by atoms with Crippen LogP contribution in [0.25, 0.3) is 0 Å². The summed E-state index contributed by atoms with van der Waals surface area (Å²) in [6, 6.07) is 4.84. The Balaban J connectivity index is 1.95. The van der Waals surface area contributed by atoms with Gasteiger partial charge in [-0.3, -0.25) is 5.32 Å². The van der Waals surface area contributed by atoms with Gasteiger partial charge in [-0.15, -0.1) is 0 Å². The minimum atomic E-state index is -0.846. The molecule has 1 fully saturated rings. The number of hydrogen-bond acceptors (Lipinski definition) is 5. The van der Waals surface area contributed by atoms with Crippen LogP contribution in [0.15, 0.2) is 27.7 Å². The van der Waals surface area contributed by atoms with E-state index in [1.165, 1.54) is 17.8 Å². The Bertz CT molecular complexity index is 738. The van der Waals surface area contributed by atoms with Crippen LogP contribution in [0.4, 0.5) is 9.18 Å². The second-order valence-electron chi connectivity index (χ2n) is 7.44. The van der Waals surface area contributed by atoms with Crippen molar-refractivity contribution < 1.29 is 18.7 Å². The van der Waals surface area contributed by atoms with Crippen LogP contribution in [0.5, 0.6) is 0 Å². The SMILES string of the molecule is CC(C)(C)OC(=O)NC1=NC2(c3cc(Br)ccc3F)COCCC2CS1. The van der Waals surface area contributed by atoms with Crippen molar-refractivity contribution in [3.05, 3.63) is 34.1 Å². The van der Waals surface area contributed by atoms with Gasteiger partial charge in [-0.1, -0.05) is 27.7 Å². The second-order valence-corrected chi connectivity index (χ2v) is 9.37. The molecule has 8 heteroatoms. The Hall–Kier alpha value is -1.12. The maximum Gasteiger partial charge on any atom is 0.413 e. The summed E-state index contributed by atoms with van der Waals surface area (Å²) in [7, 11) is 0. The van der Waals surface area contributed by atoms with E-state index < -0.39 is 17.2 Å². The number of hydrogen-bond donors (Lipinski definition) is 1. The number of alkyl carbamates (subject to hydrolysis) is 1. The van der Waals surface area contributed by atoms with Crippen molar-refractivity contribution in [2.45, 2.75) is 38.3 Å². The Morgan fingerprint density at radius 3 is 3.00 bits per heavy atom. The number of carbonyl (C=O) groups is 1. The van der Waals surface area contributed by atoms with Crippen molar-refractivity contribution in [2.75, 3.05) is 19.0 Å². The number of benzene rings is 1. The lowest BCUT2D eigenvalue weighted by Crippen LogP contribution is -2.49. The van der Waals surface area contributed by atoms with Crippen LogP contribution >= 0.6 is 27.7 Å². The normalized spacial score (nSPS) is 25.9. The summed E-state index contributed by atoms with van der Waals surface area (Å²) in [5.41, 5.74) is -0.962. The average Bonchev–Trinajstić information content (AvgIpc) is 2.55. The number of ether oxygens (including phenoxy) is 2. The van der Waals surface area contributed by atoms with Crippen molar-refractivity contribution in [1.29, 1.82) is 0 Å². The molecule has 5 nitrogen and oxygen atoms in total. The van der Waals surface area contributed by atoms with Gasteiger partial charge in [0.1, 0.15) is 17.0 Å². The van der Waals surface area contributed by atoms with Crippen LogP contribution in [-0.4, -0.2) is 35.8 Å². The van der Waals surface area contributed by atoms with Gasteiger partial charge in [0.15, 0.2) is 5.17 Å². The molecule has 1 aromatic carbocycles. The summed E-state index contributed by atoms with van der Waals surface area (Å²) in [5, 5.41) is 3.13. The summed E-state index contributed by atoms with van der Waals surface area (Å²) in [5.74, 6) is 0.537. The Kier molecular flexibility index (Phi) is 5.65. The van der Waals surface area contributed by atoms with Gasteiger partial charge in [0.25, 0.3) is 0 Å². The highest BCUT2D eigenvalue weighted by Gasteiger charge is 2.47. The molecule has 0 bridgehead atoms. The second kappa shape index (κ2) is 7.48. The molecule has 0 radical (unpaired) electrons. The Labute approximate surface area is 165 Å². The molecule has 1 amide bonds. The van der Waals surface area contributed by atoms with Gasteiger partial charge in [0.2, 0.25) is 0 Å². The van der Waals surface area contributed by atoms with E-state index in [4.69, 9.17) is 14.5 Å². The number of thioether (sulfide) groups is 1. The first-order valence-corrected chi connectivity index (χ1v) is 10.2. The molecular weight excluding hydrogens is 423 g/mol. The number of carbonyl (C=O) groups excluding carboxylic acids is 1. The topological polar surface area (TPSA) is 59.9 Å². The molecule has 0 saturated carbocycles. The highest BCUT2D eigenvalue weighted by Crippen LogP contribution is 2.46. The molecule has 1 saturated heterocycles. The number of halogens is 2. The van der Waals surface area contributed by atoms with Gasteiger partial charge in [-0.25, -0.2) is 14.2 Å². The molecule has 2 aliphatic heterocycles. The first-order chi connectivity index (χ1) is 12.2. The number of nitrogens with one attached hydrogen (secondary N) is 1. The molecule has 2 atom stereocenters. The van der Waals surface area contributed by atoms with Crippen molar-refractivity contribution in [2.24, 2.45) is 10.9 Å². The van der Waals surface area contributed by atoms with Crippen LogP contribution in [0.1, 0.15) is 32.8 Å². The van der Waals surface area contributed by atoms with Crippen LogP contribution < -0.4 is 5.32 Å². The number of fused-ring (bicyclic) bond motifs is 1. The Morgan fingerprint density at radius 2 is 2.27 bits per heavy atom. The zero-order chi connectivity index (χ0) is 18.9. The summed E-state index contributed by atoms with van der Waals surface area (Å²) in [6.07, 6.45) is 0.228. The molecule has 3 rings (SSSR count). The number of rotatable bonds is 1. The summed E-state index contributed by atoms with van der Waals surface area (Å²) in [4.78, 5) is 16.9. The molecule has 2 aliphatic rings. The minimum absolute atomic E-state index is 0.134. The molecule has 26 heavy (non-hydrogen) atoms. The molecule has 0 aliphatic carbocycles. The zero-order valence-electron chi connectivity index (χ0n) is 15.0. The van der Waals surface area contributed by atoms with Crippen molar-refractivity contribution in [3.63, 3.8) is 0 Å². The quantitative estimate of drug-likeness (QED) is 0.694. The van der Waals surface area contributed by atoms with Gasteiger partial charge in [0.05, 0.1) is 6.61 Å². The van der Waals surface area contributed by atoms with Gasteiger partial charge in [0, 0.05) is 28.3 Å². The maximum absolute atomic E-state index is 14.7. The molecule has 2 unspecified atom stereocenters. The zero-order valence-corrected chi connectivity index (χ0v) is 17.4. The van der Waals surface area contributed by atoms with Gasteiger partial charge in [-0.05, 0) is 45.4 Å². The highest BCUT2D eigenvalue weighted by atomic mass is 79.9. The number of amidine groups is 1. The summed E-state index contributed by atoms with van der Waals surface area (Å²) < 4.78 is 26.4. The van der Waals surface area contributed by atoms with Crippen molar-refractivity contribution in [3.8, 4) is 0 Å². The lowest BCUT2D eigenvalue weighted by atomic mass is 9.76. The fourth-order valence-electron chi connectivity index (χ4n) is 3.19. The van der Waals surface area contributed by atoms with Crippen LogP contribution in [-0.2, 0) is 15.0 Å². The standard InChI is InChI=1S/C18H22BrFN2O3S/c1-17(2,3)25-16(23)21-15-22-18(10-24-7-6-11(18)9-26-15)13-8-12(19)4-5-14(13)20/h4-5,8,11H,6-7,9-10H2,1-3H3,(H,21,22,23). The van der Waals surface area contributed by atoms with E-state index >= 15 is 0 Å². The van der Waals surface area contributed by atoms with E-state index in [-0.39, 0.29) is 18.3 Å². The largest absolute Gasteiger partial charge is 0.444 e. The first-order valence-electron chi connectivity index (χ1n) is 8.45. The average molecular weight is 445 g/mol. The predicted molar refractivity (Wildman–Crippen MR) is 104 cm³/mol. The summed E-state index contributed by atoms with van der Waals surface area (Å²) >= 11 is 4.87. The third kappa shape index (κ3) is 4.23. The van der Waals surface area contributed by atoms with Crippen LogP contribution in [0.3, 0.4) is 0 Å². The van der Waals surface area contributed by atoms with E-state index in [0.717, 1.165) is 16.6 Å². The monoisotopic (exact) mass is 444 g/mol. The fourth-order valence-corrected chi connectivity index (χ4v) is 4.74. The molecule has 1 aromatic rings. The van der Waals surface area contributed by atoms with E-state index in [1.807, 2.05) is 0 Å². The van der Waals surface area contributed by atoms with E-state index in [1.54, 1.807) is 32.9 Å². The smallest absolute Gasteiger partial charge is 0.413 e. The lowest BCUT2D eigenvalue weighted by molar-refractivity contribution is 0.00275. The number of amides is 1. The minimum Gasteiger partial charge on any atom is -0.444 e. The van der Waals surface area contributed by atoms with Crippen molar-refractivity contribution >= 4 is 39.0 Å². The molecular formula is C18H22BrFN2O3S. The van der Waals surface area contributed by atoms with E-state index in [0.29, 0.717) is 17.3 Å². The van der Waals surface area contributed by atoms with E-state index in [2.05, 4.69) is 21.2 Å². The third-order valence-corrected chi connectivity index (χ3v) is 5.86. The summed E-state index contributed by atoms with van der Waals surface area (Å²) in [6.45, 7) is 6.31. The maximum atomic E-state index is 14.7. The Morgan fingerprint density at radius 1 is 1.50 bits per heavy atom. The number of nitrogens with zero attached hydrogens (tertiary/aromatic N) is 1. The third-order valence-electron chi connectivity index (χ3n) is 4.33. The fraction of sp³-hybridized carbons (Fsp3) is 0.556. The first kappa shape index (κ1) is 19.6. The predicted octanol–water partition coefficient (Wildman–Crippen LogP) is 4.45. The molecule has 1 N–H and O–H groups in total. The highest BCUT2D eigenvalue weighted by molar-refractivity contribution is 9.10.